The van der Waals surface area contributed by atoms with Crippen molar-refractivity contribution in [2.75, 3.05) is 13.6 Å². The maximum absolute atomic E-state index is 4.75. The molecule has 2 N–H and O–H groups in total. The molecule has 0 saturated heterocycles. The molecule has 5 nitrogen and oxygen atoms in total. The number of guanidine groups is 1. The molecule has 1 fully saturated rings. The van der Waals surface area contributed by atoms with Crippen LogP contribution >= 0.6 is 24.0 Å². The van der Waals surface area contributed by atoms with Crippen LogP contribution in [0, 0.1) is 5.41 Å². The van der Waals surface area contributed by atoms with Crippen molar-refractivity contribution in [1.82, 2.24) is 20.4 Å². The summed E-state index contributed by atoms with van der Waals surface area (Å²) >= 11 is 0. The zero-order valence-corrected chi connectivity index (χ0v) is 17.1. The van der Waals surface area contributed by atoms with Gasteiger partial charge in [-0.05, 0) is 50.5 Å². The second-order valence-corrected chi connectivity index (χ2v) is 7.50. The zero-order valence-electron chi connectivity index (χ0n) is 14.7. The van der Waals surface area contributed by atoms with Crippen molar-refractivity contribution < 1.29 is 0 Å². The number of nitrogens with zero attached hydrogens (tertiary/aromatic N) is 3. The first-order chi connectivity index (χ1) is 10.5. The van der Waals surface area contributed by atoms with Crippen molar-refractivity contribution in [2.24, 2.45) is 10.4 Å². The third kappa shape index (κ3) is 4.61. The third-order valence-corrected chi connectivity index (χ3v) is 4.98. The van der Waals surface area contributed by atoms with Crippen molar-refractivity contribution >= 4 is 29.9 Å². The van der Waals surface area contributed by atoms with Crippen molar-refractivity contribution in [2.45, 2.75) is 65.0 Å². The van der Waals surface area contributed by atoms with Crippen LogP contribution < -0.4 is 10.6 Å². The lowest BCUT2D eigenvalue weighted by atomic mass is 9.94. The van der Waals surface area contributed by atoms with Crippen molar-refractivity contribution in [3.05, 3.63) is 17.5 Å². The molecule has 3 rings (SSSR count). The van der Waals surface area contributed by atoms with E-state index in [1.807, 2.05) is 7.05 Å². The van der Waals surface area contributed by atoms with Gasteiger partial charge in [0.25, 0.3) is 0 Å². The van der Waals surface area contributed by atoms with Gasteiger partial charge in [0, 0.05) is 38.3 Å². The number of rotatable bonds is 4. The van der Waals surface area contributed by atoms with E-state index < -0.39 is 0 Å². The van der Waals surface area contributed by atoms with Crippen LogP contribution in [0.15, 0.2) is 11.2 Å². The van der Waals surface area contributed by atoms with Gasteiger partial charge >= 0.3 is 0 Å². The molecule has 1 heterocycles. The molecular formula is C17H30IN5. The summed E-state index contributed by atoms with van der Waals surface area (Å²) < 4.78 is 2.09. The van der Waals surface area contributed by atoms with Crippen molar-refractivity contribution in [3.8, 4) is 0 Å². The van der Waals surface area contributed by atoms with E-state index in [0.717, 1.165) is 31.8 Å². The van der Waals surface area contributed by atoms with E-state index in [1.54, 1.807) is 0 Å². The average Bonchev–Trinajstić information content (AvgIpc) is 3.07. The molecule has 130 valence electrons. The molecule has 1 aromatic heterocycles. The minimum Gasteiger partial charge on any atom is -0.356 e. The fraction of sp³-hybridized carbons (Fsp3) is 0.765. The molecule has 23 heavy (non-hydrogen) atoms. The topological polar surface area (TPSA) is 54.2 Å². The maximum Gasteiger partial charge on any atom is 0.191 e. The van der Waals surface area contributed by atoms with E-state index in [4.69, 9.17) is 5.10 Å². The molecular weight excluding hydrogens is 401 g/mol. The smallest absolute Gasteiger partial charge is 0.191 e. The van der Waals surface area contributed by atoms with Gasteiger partial charge in [0.15, 0.2) is 5.96 Å². The lowest BCUT2D eigenvalue weighted by Gasteiger charge is -2.25. The summed E-state index contributed by atoms with van der Waals surface area (Å²) in [7, 11) is 1.85. The van der Waals surface area contributed by atoms with E-state index in [-0.39, 0.29) is 24.0 Å². The summed E-state index contributed by atoms with van der Waals surface area (Å²) in [4.78, 5) is 4.37. The molecule has 0 aliphatic heterocycles. The summed E-state index contributed by atoms with van der Waals surface area (Å²) in [6, 6.07) is 0.868. The number of hydrogen-bond donors (Lipinski definition) is 2. The Morgan fingerprint density at radius 3 is 2.83 bits per heavy atom. The second kappa shape index (κ2) is 7.40. The fourth-order valence-electron chi connectivity index (χ4n) is 2.98. The van der Waals surface area contributed by atoms with Crippen molar-refractivity contribution in [1.29, 1.82) is 0 Å². The van der Waals surface area contributed by atoms with Gasteiger partial charge in [0.05, 0.1) is 5.69 Å². The molecule has 1 aromatic rings. The van der Waals surface area contributed by atoms with Crippen LogP contribution in [0.2, 0.25) is 0 Å². The number of fused-ring (bicyclic) bond motifs is 1. The molecule has 0 spiro atoms. The lowest BCUT2D eigenvalue weighted by molar-refractivity contribution is 0.492. The Morgan fingerprint density at radius 2 is 2.22 bits per heavy atom. The summed E-state index contributed by atoms with van der Waals surface area (Å²) in [5.41, 5.74) is 3.16. The Kier molecular flexibility index (Phi) is 5.97. The SMILES string of the molecule is CN=C(NCC1(C)CC1)NC1CCc2cn(C(C)C)nc2C1.I. The maximum atomic E-state index is 4.75. The normalized spacial score (nSPS) is 22.3. The van der Waals surface area contributed by atoms with Gasteiger partial charge in [-0.2, -0.15) is 5.10 Å². The van der Waals surface area contributed by atoms with Crippen LogP contribution in [-0.4, -0.2) is 35.4 Å². The largest absolute Gasteiger partial charge is 0.356 e. The van der Waals surface area contributed by atoms with Crippen LogP contribution in [0.1, 0.15) is 57.3 Å². The van der Waals surface area contributed by atoms with Crippen LogP contribution in [0.4, 0.5) is 0 Å². The summed E-state index contributed by atoms with van der Waals surface area (Å²) in [5, 5.41) is 11.8. The van der Waals surface area contributed by atoms with E-state index in [9.17, 15) is 0 Å². The molecule has 1 atom stereocenters. The first kappa shape index (κ1) is 18.5. The first-order valence-corrected chi connectivity index (χ1v) is 8.53. The zero-order chi connectivity index (χ0) is 15.7. The van der Waals surface area contributed by atoms with Gasteiger partial charge in [0.1, 0.15) is 0 Å². The predicted molar refractivity (Wildman–Crippen MR) is 106 cm³/mol. The Bertz CT molecular complexity index is 559. The highest BCUT2D eigenvalue weighted by Crippen LogP contribution is 2.43. The highest BCUT2D eigenvalue weighted by molar-refractivity contribution is 14.0. The van der Waals surface area contributed by atoms with Gasteiger partial charge < -0.3 is 10.6 Å². The third-order valence-electron chi connectivity index (χ3n) is 4.98. The van der Waals surface area contributed by atoms with Gasteiger partial charge in [-0.1, -0.05) is 6.92 Å². The van der Waals surface area contributed by atoms with E-state index in [0.29, 0.717) is 17.5 Å². The minimum absolute atomic E-state index is 0. The van der Waals surface area contributed by atoms with Crippen LogP contribution in [-0.2, 0) is 12.8 Å². The number of aromatic nitrogens is 2. The Morgan fingerprint density at radius 1 is 1.48 bits per heavy atom. The number of aliphatic imine (C=N–C) groups is 1. The number of aryl methyl sites for hydroxylation is 1. The van der Waals surface area contributed by atoms with E-state index >= 15 is 0 Å². The molecule has 0 aromatic carbocycles. The molecule has 0 amide bonds. The first-order valence-electron chi connectivity index (χ1n) is 8.53. The summed E-state index contributed by atoms with van der Waals surface area (Å²) in [6.07, 6.45) is 8.13. The molecule has 2 aliphatic rings. The van der Waals surface area contributed by atoms with Crippen LogP contribution in [0.3, 0.4) is 0 Å². The highest BCUT2D eigenvalue weighted by Gasteiger charge is 2.37. The average molecular weight is 431 g/mol. The Balaban J connectivity index is 0.00000192. The highest BCUT2D eigenvalue weighted by atomic mass is 127. The number of halogens is 1. The monoisotopic (exact) mass is 431 g/mol. The van der Waals surface area contributed by atoms with Gasteiger partial charge in [-0.25, -0.2) is 0 Å². The molecule has 6 heteroatoms. The molecule has 1 unspecified atom stereocenters. The summed E-state index contributed by atoms with van der Waals surface area (Å²) in [6.45, 7) is 7.71. The number of hydrogen-bond acceptors (Lipinski definition) is 2. The number of nitrogens with one attached hydrogen (secondary N) is 2. The molecule has 0 bridgehead atoms. The van der Waals surface area contributed by atoms with E-state index in [1.165, 1.54) is 24.1 Å². The standard InChI is InChI=1S/C17H29N5.HI/c1-12(2)22-10-13-5-6-14(9-15(13)21-22)20-16(18-4)19-11-17(3)7-8-17;/h10,12,14H,5-9,11H2,1-4H3,(H2,18,19,20);1H. The fourth-order valence-corrected chi connectivity index (χ4v) is 2.98. The van der Waals surface area contributed by atoms with Gasteiger partial charge in [0.2, 0.25) is 0 Å². The molecule has 0 radical (unpaired) electrons. The van der Waals surface area contributed by atoms with Gasteiger partial charge in [-0.15, -0.1) is 24.0 Å². The molecule has 1 saturated carbocycles. The quantitative estimate of drug-likeness (QED) is 0.438. The predicted octanol–water partition coefficient (Wildman–Crippen LogP) is 2.90. The Labute approximate surface area is 156 Å². The van der Waals surface area contributed by atoms with Gasteiger partial charge in [-0.3, -0.25) is 9.67 Å². The van der Waals surface area contributed by atoms with Crippen molar-refractivity contribution in [3.63, 3.8) is 0 Å². The van der Waals surface area contributed by atoms with Crippen LogP contribution in [0.5, 0.6) is 0 Å². The van der Waals surface area contributed by atoms with E-state index in [2.05, 4.69) is 47.3 Å². The second-order valence-electron chi connectivity index (χ2n) is 7.50. The Hall–Kier alpha value is -0.790. The van der Waals surface area contributed by atoms with Crippen LogP contribution in [0.25, 0.3) is 0 Å². The lowest BCUT2D eigenvalue weighted by Crippen LogP contribution is -2.46. The molecule has 2 aliphatic carbocycles. The minimum atomic E-state index is 0. The summed E-state index contributed by atoms with van der Waals surface area (Å²) in [5.74, 6) is 0.935.